The highest BCUT2D eigenvalue weighted by Gasteiger charge is 2.32. The summed E-state index contributed by atoms with van der Waals surface area (Å²) in [6.07, 6.45) is 2.66. The Bertz CT molecular complexity index is 1320. The second-order valence-corrected chi connectivity index (χ2v) is 10.1. The Morgan fingerprint density at radius 3 is 2.52 bits per heavy atom. The Morgan fingerprint density at radius 1 is 1.10 bits per heavy atom. The number of fused-ring (bicyclic) bond motifs is 1. The molecule has 4 amide bonds. The lowest BCUT2D eigenvalue weighted by molar-refractivity contribution is -0.134. The number of urea groups is 1. The van der Waals surface area contributed by atoms with E-state index in [0.29, 0.717) is 34.8 Å². The maximum absolute atomic E-state index is 13.4. The zero-order valence-electron chi connectivity index (χ0n) is 22.9. The van der Waals surface area contributed by atoms with Crippen LogP contribution >= 0.6 is 0 Å². The summed E-state index contributed by atoms with van der Waals surface area (Å²) in [6, 6.07) is 16.9. The van der Waals surface area contributed by atoms with Crippen molar-refractivity contribution < 1.29 is 24.2 Å². The molecule has 0 unspecified atom stereocenters. The first-order valence-electron chi connectivity index (χ1n) is 13.2. The van der Waals surface area contributed by atoms with Gasteiger partial charge in [-0.3, -0.25) is 14.6 Å². The van der Waals surface area contributed by atoms with Crippen LogP contribution in [0.25, 0.3) is 0 Å². The number of para-hydroxylation sites is 1. The van der Waals surface area contributed by atoms with E-state index < -0.39 is 12.1 Å². The molecule has 0 radical (unpaired) electrons. The van der Waals surface area contributed by atoms with Crippen LogP contribution in [0, 0.1) is 5.92 Å². The molecule has 2 heterocycles. The normalized spacial score (nSPS) is 17.8. The molecule has 3 aromatic rings. The molecule has 0 saturated carbocycles. The van der Waals surface area contributed by atoms with Crippen molar-refractivity contribution >= 4 is 29.2 Å². The lowest BCUT2D eigenvalue weighted by Gasteiger charge is -2.34. The molecular weight excluding hydrogens is 510 g/mol. The first kappa shape index (κ1) is 28.6. The number of aliphatic hydroxyl groups excluding tert-OH is 1. The lowest BCUT2D eigenvalue weighted by Crippen LogP contribution is -2.48. The van der Waals surface area contributed by atoms with E-state index in [1.54, 1.807) is 66.5 Å². The second-order valence-electron chi connectivity index (χ2n) is 10.1. The molecule has 0 aliphatic carbocycles. The van der Waals surface area contributed by atoms with Gasteiger partial charge in [0, 0.05) is 54.4 Å². The predicted molar refractivity (Wildman–Crippen MR) is 152 cm³/mol. The summed E-state index contributed by atoms with van der Waals surface area (Å²) in [5.74, 6) is -0.123. The van der Waals surface area contributed by atoms with Crippen LogP contribution in [-0.4, -0.2) is 76.6 Å². The van der Waals surface area contributed by atoms with Crippen molar-refractivity contribution in [3.05, 3.63) is 84.2 Å². The molecule has 1 aliphatic rings. The third-order valence-corrected chi connectivity index (χ3v) is 6.94. The predicted octanol–water partition coefficient (Wildman–Crippen LogP) is 3.65. The van der Waals surface area contributed by atoms with Gasteiger partial charge in [0.05, 0.1) is 25.6 Å². The molecule has 40 heavy (non-hydrogen) atoms. The number of likely N-dealkylation sites (N-methyl/N-ethyl adjacent to an activating group) is 1. The first-order valence-corrected chi connectivity index (χ1v) is 13.2. The number of benzene rings is 2. The summed E-state index contributed by atoms with van der Waals surface area (Å²) < 4.78 is 6.47. The van der Waals surface area contributed by atoms with Gasteiger partial charge >= 0.3 is 6.03 Å². The summed E-state index contributed by atoms with van der Waals surface area (Å²) in [6.45, 7) is 4.18. The molecule has 3 atom stereocenters. The van der Waals surface area contributed by atoms with Crippen molar-refractivity contribution in [1.82, 2.24) is 14.8 Å². The zero-order valence-corrected chi connectivity index (χ0v) is 22.9. The van der Waals surface area contributed by atoms with E-state index in [0.717, 1.165) is 0 Å². The first-order chi connectivity index (χ1) is 19.2. The van der Waals surface area contributed by atoms with E-state index in [9.17, 15) is 19.5 Å². The van der Waals surface area contributed by atoms with Gasteiger partial charge in [0.15, 0.2) is 0 Å². The minimum Gasteiger partial charge on any atom is -0.488 e. The SMILES string of the molecule is C[C@H](CO)N1C[C@H](C)[C@H](CN(C)C(=O)Nc2ccccc2)Oc2ccc(NC(=O)c3ccncc3)cc2CC1=O. The molecule has 210 valence electrons. The van der Waals surface area contributed by atoms with Gasteiger partial charge in [-0.05, 0) is 49.4 Å². The molecule has 0 bridgehead atoms. The van der Waals surface area contributed by atoms with E-state index in [1.807, 2.05) is 37.3 Å². The van der Waals surface area contributed by atoms with Crippen LogP contribution < -0.4 is 15.4 Å². The fourth-order valence-electron chi connectivity index (χ4n) is 4.52. The summed E-state index contributed by atoms with van der Waals surface area (Å²) >= 11 is 0. The van der Waals surface area contributed by atoms with Crippen molar-refractivity contribution in [3.63, 3.8) is 0 Å². The number of carbonyl (C=O) groups is 3. The van der Waals surface area contributed by atoms with Gasteiger partial charge in [0.2, 0.25) is 5.91 Å². The topological polar surface area (TPSA) is 124 Å². The van der Waals surface area contributed by atoms with Crippen molar-refractivity contribution in [1.29, 1.82) is 0 Å². The number of nitrogens with zero attached hydrogens (tertiary/aromatic N) is 3. The number of anilines is 2. The Labute approximate surface area is 234 Å². The van der Waals surface area contributed by atoms with Gasteiger partial charge in [-0.1, -0.05) is 25.1 Å². The van der Waals surface area contributed by atoms with Gasteiger partial charge in [0.25, 0.3) is 5.91 Å². The number of aliphatic hydroxyl groups is 1. The monoisotopic (exact) mass is 545 g/mol. The number of ether oxygens (including phenoxy) is 1. The number of carbonyl (C=O) groups excluding carboxylic acids is 3. The molecule has 4 rings (SSSR count). The van der Waals surface area contributed by atoms with Crippen LogP contribution in [0.5, 0.6) is 5.75 Å². The van der Waals surface area contributed by atoms with E-state index in [2.05, 4.69) is 15.6 Å². The Hall–Kier alpha value is -4.44. The highest BCUT2D eigenvalue weighted by Crippen LogP contribution is 2.29. The van der Waals surface area contributed by atoms with E-state index >= 15 is 0 Å². The van der Waals surface area contributed by atoms with E-state index in [1.165, 1.54) is 0 Å². The molecule has 0 fully saturated rings. The highest BCUT2D eigenvalue weighted by molar-refractivity contribution is 6.04. The zero-order chi connectivity index (χ0) is 28.6. The second kappa shape index (κ2) is 13.1. The number of nitrogens with one attached hydrogen (secondary N) is 2. The number of hydrogen-bond donors (Lipinski definition) is 3. The smallest absolute Gasteiger partial charge is 0.321 e. The van der Waals surface area contributed by atoms with Crippen molar-refractivity contribution in [2.24, 2.45) is 5.92 Å². The van der Waals surface area contributed by atoms with E-state index in [4.69, 9.17) is 4.74 Å². The summed E-state index contributed by atoms with van der Waals surface area (Å²) in [4.78, 5) is 46.2. The summed E-state index contributed by atoms with van der Waals surface area (Å²) in [7, 11) is 1.69. The minimum absolute atomic E-state index is 0.0302. The number of rotatable bonds is 7. The van der Waals surface area contributed by atoms with Gasteiger partial charge < -0.3 is 30.3 Å². The highest BCUT2D eigenvalue weighted by atomic mass is 16.5. The van der Waals surface area contributed by atoms with Crippen LogP contribution in [0.1, 0.15) is 29.8 Å². The van der Waals surface area contributed by atoms with Gasteiger partial charge in [0.1, 0.15) is 11.9 Å². The number of pyridine rings is 1. The Kier molecular flexibility index (Phi) is 9.34. The van der Waals surface area contributed by atoms with E-state index in [-0.39, 0.29) is 43.3 Å². The van der Waals surface area contributed by atoms with Crippen molar-refractivity contribution in [2.75, 3.05) is 37.4 Å². The quantitative estimate of drug-likeness (QED) is 0.416. The summed E-state index contributed by atoms with van der Waals surface area (Å²) in [5.41, 5.74) is 2.26. The largest absolute Gasteiger partial charge is 0.488 e. The molecule has 10 heteroatoms. The van der Waals surface area contributed by atoms with Crippen LogP contribution in [-0.2, 0) is 11.2 Å². The minimum atomic E-state index is -0.457. The fourth-order valence-corrected chi connectivity index (χ4v) is 4.52. The van der Waals surface area contributed by atoms with Gasteiger partial charge in [-0.2, -0.15) is 0 Å². The lowest BCUT2D eigenvalue weighted by atomic mass is 10.0. The average molecular weight is 546 g/mol. The molecule has 0 saturated heterocycles. The maximum atomic E-state index is 13.4. The van der Waals surface area contributed by atoms with Gasteiger partial charge in [-0.15, -0.1) is 0 Å². The molecule has 0 spiro atoms. The third kappa shape index (κ3) is 7.15. The van der Waals surface area contributed by atoms with Gasteiger partial charge in [-0.25, -0.2) is 4.79 Å². The number of aromatic nitrogens is 1. The molecule has 3 N–H and O–H groups in total. The van der Waals surface area contributed by atoms with Crippen LogP contribution in [0.2, 0.25) is 0 Å². The fraction of sp³-hybridized carbons (Fsp3) is 0.333. The van der Waals surface area contributed by atoms with Crippen LogP contribution in [0.3, 0.4) is 0 Å². The number of amides is 4. The standard InChI is InChI=1S/C30H35N5O5/c1-20-17-35(21(2)19-36)28(37)16-23-15-25(32-29(38)22-11-13-31-14-12-22)9-10-26(23)40-27(20)18-34(3)30(39)33-24-7-5-4-6-8-24/h4-15,20-21,27,36H,16-19H2,1-3H3,(H,32,38)(H,33,39)/t20-,21+,27-/m0/s1. The Balaban J connectivity index is 1.59. The maximum Gasteiger partial charge on any atom is 0.321 e. The van der Waals surface area contributed by atoms with Crippen molar-refractivity contribution in [3.8, 4) is 5.75 Å². The van der Waals surface area contributed by atoms with Crippen LogP contribution in [0.4, 0.5) is 16.2 Å². The number of hydrogen-bond acceptors (Lipinski definition) is 6. The van der Waals surface area contributed by atoms with Crippen molar-refractivity contribution in [2.45, 2.75) is 32.4 Å². The molecule has 10 nitrogen and oxygen atoms in total. The molecule has 2 aromatic carbocycles. The van der Waals surface area contributed by atoms with Crippen LogP contribution in [0.15, 0.2) is 73.1 Å². The third-order valence-electron chi connectivity index (χ3n) is 6.94. The molecular formula is C30H35N5O5. The summed E-state index contributed by atoms with van der Waals surface area (Å²) in [5, 5.41) is 15.6. The Morgan fingerprint density at radius 2 is 1.82 bits per heavy atom. The molecule has 1 aliphatic heterocycles. The molecule has 1 aromatic heterocycles. The average Bonchev–Trinajstić information content (AvgIpc) is 3.01.